The fourth-order valence-electron chi connectivity index (χ4n) is 3.16. The Bertz CT molecular complexity index is 466. The van der Waals surface area contributed by atoms with Crippen LogP contribution in [0.3, 0.4) is 0 Å². The van der Waals surface area contributed by atoms with E-state index in [1.54, 1.807) is 0 Å². The van der Waals surface area contributed by atoms with Crippen molar-refractivity contribution in [1.82, 2.24) is 0 Å². The normalized spacial score (nSPS) is 26.9. The van der Waals surface area contributed by atoms with E-state index >= 15 is 0 Å². The van der Waals surface area contributed by atoms with Crippen molar-refractivity contribution < 1.29 is 9.53 Å². The minimum atomic E-state index is 0.0482. The fourth-order valence-corrected chi connectivity index (χ4v) is 3.16. The van der Waals surface area contributed by atoms with E-state index in [1.165, 1.54) is 5.56 Å². The summed E-state index contributed by atoms with van der Waals surface area (Å²) >= 11 is 0. The molecule has 1 saturated heterocycles. The summed E-state index contributed by atoms with van der Waals surface area (Å²) in [6.45, 7) is 4.45. The van der Waals surface area contributed by atoms with Gasteiger partial charge in [0.25, 0.3) is 0 Å². The average Bonchev–Trinajstić information content (AvgIpc) is 2.46. The first kappa shape index (κ1) is 12.7. The molecule has 102 valence electrons. The number of nitrogens with zero attached hydrogens (tertiary/aromatic N) is 1. The third kappa shape index (κ3) is 2.52. The molecule has 19 heavy (non-hydrogen) atoms. The van der Waals surface area contributed by atoms with Gasteiger partial charge in [0, 0.05) is 18.8 Å². The maximum Gasteiger partial charge on any atom is 0.232 e. The number of para-hydroxylation sites is 1. The topological polar surface area (TPSA) is 29.5 Å². The molecule has 0 aromatic heterocycles. The highest BCUT2D eigenvalue weighted by molar-refractivity contribution is 5.96. The van der Waals surface area contributed by atoms with Crippen molar-refractivity contribution in [3.8, 4) is 0 Å². The summed E-state index contributed by atoms with van der Waals surface area (Å²) in [6, 6.07) is 8.29. The van der Waals surface area contributed by atoms with Gasteiger partial charge in [0.2, 0.25) is 5.91 Å². The van der Waals surface area contributed by atoms with Gasteiger partial charge in [0.15, 0.2) is 0 Å². The molecule has 3 heteroatoms. The number of carbonyl (C=O) groups excluding carboxylic acids is 1. The summed E-state index contributed by atoms with van der Waals surface area (Å²) < 4.78 is 5.46. The third-order valence-electron chi connectivity index (χ3n) is 4.12. The lowest BCUT2D eigenvalue weighted by atomic mass is 9.92. The Morgan fingerprint density at radius 2 is 2.21 bits per heavy atom. The van der Waals surface area contributed by atoms with Crippen LogP contribution in [-0.4, -0.2) is 25.7 Å². The van der Waals surface area contributed by atoms with Crippen molar-refractivity contribution in [3.63, 3.8) is 0 Å². The number of amides is 1. The van der Waals surface area contributed by atoms with E-state index in [0.717, 1.165) is 38.1 Å². The van der Waals surface area contributed by atoms with Crippen molar-refractivity contribution in [3.05, 3.63) is 29.8 Å². The van der Waals surface area contributed by atoms with Gasteiger partial charge in [0.1, 0.15) is 0 Å². The SMILES string of the molecule is CC1Cc2ccccc2N(C(=O)C2CCCOC2)C1. The quantitative estimate of drug-likeness (QED) is 0.776. The highest BCUT2D eigenvalue weighted by atomic mass is 16.5. The first-order valence-electron chi connectivity index (χ1n) is 7.22. The molecule has 0 spiro atoms. The summed E-state index contributed by atoms with van der Waals surface area (Å²) in [7, 11) is 0. The van der Waals surface area contributed by atoms with E-state index in [-0.39, 0.29) is 11.8 Å². The minimum absolute atomic E-state index is 0.0482. The third-order valence-corrected chi connectivity index (χ3v) is 4.12. The van der Waals surface area contributed by atoms with Gasteiger partial charge in [-0.15, -0.1) is 0 Å². The molecule has 0 saturated carbocycles. The van der Waals surface area contributed by atoms with Crippen LogP contribution >= 0.6 is 0 Å². The van der Waals surface area contributed by atoms with Crippen LogP contribution in [0.1, 0.15) is 25.3 Å². The summed E-state index contributed by atoms with van der Waals surface area (Å²) in [5, 5.41) is 0. The van der Waals surface area contributed by atoms with Crippen molar-refractivity contribution in [2.45, 2.75) is 26.2 Å². The molecule has 0 N–H and O–H groups in total. The molecule has 2 aliphatic rings. The van der Waals surface area contributed by atoms with Crippen LogP contribution in [-0.2, 0) is 16.0 Å². The Kier molecular flexibility index (Phi) is 3.56. The molecule has 0 radical (unpaired) electrons. The molecule has 0 bridgehead atoms. The van der Waals surface area contributed by atoms with Crippen LogP contribution in [0.4, 0.5) is 5.69 Å². The Morgan fingerprint density at radius 3 is 3.00 bits per heavy atom. The van der Waals surface area contributed by atoms with Gasteiger partial charge in [-0.25, -0.2) is 0 Å². The van der Waals surface area contributed by atoms with Gasteiger partial charge in [0.05, 0.1) is 12.5 Å². The van der Waals surface area contributed by atoms with Crippen LogP contribution < -0.4 is 4.90 Å². The summed E-state index contributed by atoms with van der Waals surface area (Å²) in [4.78, 5) is 14.7. The molecule has 3 nitrogen and oxygen atoms in total. The predicted molar refractivity (Wildman–Crippen MR) is 75.2 cm³/mol. The molecule has 2 heterocycles. The van der Waals surface area contributed by atoms with Crippen molar-refractivity contribution in [1.29, 1.82) is 0 Å². The van der Waals surface area contributed by atoms with E-state index in [1.807, 2.05) is 11.0 Å². The minimum Gasteiger partial charge on any atom is -0.381 e. The van der Waals surface area contributed by atoms with Crippen molar-refractivity contribution >= 4 is 11.6 Å². The monoisotopic (exact) mass is 259 g/mol. The van der Waals surface area contributed by atoms with E-state index < -0.39 is 0 Å². The predicted octanol–water partition coefficient (Wildman–Crippen LogP) is 2.64. The molecule has 3 rings (SSSR count). The number of carbonyl (C=O) groups is 1. The van der Waals surface area contributed by atoms with Gasteiger partial charge < -0.3 is 9.64 Å². The Balaban J connectivity index is 1.85. The molecule has 0 aliphatic carbocycles. The van der Waals surface area contributed by atoms with E-state index in [9.17, 15) is 4.79 Å². The average molecular weight is 259 g/mol. The molecule has 2 aliphatic heterocycles. The second-order valence-corrected chi connectivity index (χ2v) is 5.80. The zero-order chi connectivity index (χ0) is 13.2. The number of anilines is 1. The Labute approximate surface area is 114 Å². The summed E-state index contributed by atoms with van der Waals surface area (Å²) in [5.74, 6) is 0.828. The standard InChI is InChI=1S/C16H21NO2/c1-12-9-13-5-2-3-7-15(13)17(10-12)16(18)14-6-4-8-19-11-14/h2-3,5,7,12,14H,4,6,8-11H2,1H3. The van der Waals surface area contributed by atoms with E-state index in [0.29, 0.717) is 12.5 Å². The lowest BCUT2D eigenvalue weighted by molar-refractivity contribution is -0.126. The number of hydrogen-bond donors (Lipinski definition) is 0. The Morgan fingerprint density at radius 1 is 1.37 bits per heavy atom. The number of hydrogen-bond acceptors (Lipinski definition) is 2. The zero-order valence-electron chi connectivity index (χ0n) is 11.5. The molecule has 2 atom stereocenters. The van der Waals surface area contributed by atoms with Crippen molar-refractivity contribution in [2.24, 2.45) is 11.8 Å². The van der Waals surface area contributed by atoms with Crippen LogP contribution in [0.2, 0.25) is 0 Å². The van der Waals surface area contributed by atoms with Gasteiger partial charge in [-0.2, -0.15) is 0 Å². The summed E-state index contributed by atoms with van der Waals surface area (Å²) in [5.41, 5.74) is 2.41. The zero-order valence-corrected chi connectivity index (χ0v) is 11.5. The number of fused-ring (bicyclic) bond motifs is 1. The van der Waals surface area contributed by atoms with Crippen LogP contribution in [0.5, 0.6) is 0 Å². The molecular formula is C16H21NO2. The molecule has 1 aromatic carbocycles. The molecule has 1 fully saturated rings. The second-order valence-electron chi connectivity index (χ2n) is 5.80. The maximum atomic E-state index is 12.7. The van der Waals surface area contributed by atoms with E-state index in [2.05, 4.69) is 25.1 Å². The fraction of sp³-hybridized carbons (Fsp3) is 0.562. The van der Waals surface area contributed by atoms with Crippen LogP contribution in [0.25, 0.3) is 0 Å². The number of benzene rings is 1. The molecular weight excluding hydrogens is 238 g/mol. The first-order valence-corrected chi connectivity index (χ1v) is 7.22. The molecule has 2 unspecified atom stereocenters. The highest BCUT2D eigenvalue weighted by Crippen LogP contribution is 2.31. The van der Waals surface area contributed by atoms with Crippen LogP contribution in [0, 0.1) is 11.8 Å². The second kappa shape index (κ2) is 5.33. The van der Waals surface area contributed by atoms with Crippen molar-refractivity contribution in [2.75, 3.05) is 24.7 Å². The lowest BCUT2D eigenvalue weighted by Crippen LogP contribution is -2.44. The maximum absolute atomic E-state index is 12.7. The highest BCUT2D eigenvalue weighted by Gasteiger charge is 2.31. The molecule has 1 amide bonds. The van der Waals surface area contributed by atoms with Gasteiger partial charge in [-0.1, -0.05) is 25.1 Å². The van der Waals surface area contributed by atoms with E-state index in [4.69, 9.17) is 4.74 Å². The number of rotatable bonds is 1. The first-order chi connectivity index (χ1) is 9.25. The van der Waals surface area contributed by atoms with Gasteiger partial charge in [-0.3, -0.25) is 4.79 Å². The summed E-state index contributed by atoms with van der Waals surface area (Å²) in [6.07, 6.45) is 3.04. The lowest BCUT2D eigenvalue weighted by Gasteiger charge is -2.36. The van der Waals surface area contributed by atoms with Crippen LogP contribution in [0.15, 0.2) is 24.3 Å². The smallest absolute Gasteiger partial charge is 0.232 e. The number of ether oxygens (including phenoxy) is 1. The Hall–Kier alpha value is -1.35. The van der Waals surface area contributed by atoms with Gasteiger partial charge in [-0.05, 0) is 36.8 Å². The van der Waals surface area contributed by atoms with Gasteiger partial charge >= 0.3 is 0 Å². The molecule has 1 aromatic rings. The largest absolute Gasteiger partial charge is 0.381 e.